The van der Waals surface area contributed by atoms with Crippen molar-refractivity contribution in [1.29, 1.82) is 0 Å². The van der Waals surface area contributed by atoms with Crippen molar-refractivity contribution in [2.24, 2.45) is 0 Å². The monoisotopic (exact) mass is 329 g/mol. The fourth-order valence-corrected chi connectivity index (χ4v) is 3.04. The van der Waals surface area contributed by atoms with E-state index in [4.69, 9.17) is 4.74 Å². The number of hydrogen-bond acceptors (Lipinski definition) is 6. The van der Waals surface area contributed by atoms with Crippen molar-refractivity contribution in [3.8, 4) is 0 Å². The average Bonchev–Trinajstić information content (AvgIpc) is 2.45. The van der Waals surface area contributed by atoms with Gasteiger partial charge in [0.25, 0.3) is 0 Å². The fraction of sp³-hybridized carbons (Fsp3) is 0.429. The Hall–Kier alpha value is -1.93. The summed E-state index contributed by atoms with van der Waals surface area (Å²) in [6.07, 6.45) is 0. The van der Waals surface area contributed by atoms with Crippen LogP contribution < -0.4 is 4.72 Å². The SMILES string of the molecule is CCOC(=O)c1ccc(S(=O)(=O)NC(C)(C)C(=O)OC)cc1. The van der Waals surface area contributed by atoms with E-state index in [1.165, 1.54) is 45.2 Å². The molecule has 0 spiro atoms. The number of rotatable bonds is 6. The number of esters is 2. The third kappa shape index (κ3) is 4.28. The lowest BCUT2D eigenvalue weighted by Crippen LogP contribution is -2.50. The van der Waals surface area contributed by atoms with Crippen LogP contribution in [-0.2, 0) is 24.3 Å². The lowest BCUT2D eigenvalue weighted by Gasteiger charge is -2.22. The lowest BCUT2D eigenvalue weighted by atomic mass is 10.1. The van der Waals surface area contributed by atoms with Gasteiger partial charge in [0.05, 0.1) is 24.2 Å². The first-order valence-corrected chi connectivity index (χ1v) is 8.02. The molecule has 1 rings (SSSR count). The highest BCUT2D eigenvalue weighted by molar-refractivity contribution is 7.89. The number of nitrogens with one attached hydrogen (secondary N) is 1. The molecule has 0 aliphatic carbocycles. The number of hydrogen-bond donors (Lipinski definition) is 1. The summed E-state index contributed by atoms with van der Waals surface area (Å²) >= 11 is 0. The van der Waals surface area contributed by atoms with Crippen molar-refractivity contribution in [3.05, 3.63) is 29.8 Å². The number of carbonyl (C=O) groups excluding carboxylic acids is 2. The molecule has 0 atom stereocenters. The molecular formula is C14H19NO6S. The lowest BCUT2D eigenvalue weighted by molar-refractivity contribution is -0.146. The van der Waals surface area contributed by atoms with Gasteiger partial charge in [-0.05, 0) is 45.0 Å². The molecule has 0 bridgehead atoms. The minimum atomic E-state index is -3.93. The zero-order valence-electron chi connectivity index (χ0n) is 12.9. The second-order valence-corrected chi connectivity index (χ2v) is 6.65. The Balaban J connectivity index is 3.00. The number of methoxy groups -OCH3 is 1. The van der Waals surface area contributed by atoms with Gasteiger partial charge in [0.1, 0.15) is 5.54 Å². The standard InChI is InChI=1S/C14H19NO6S/c1-5-21-12(16)10-6-8-11(9-7-10)22(18,19)15-14(2,3)13(17)20-4/h6-9,15H,5H2,1-4H3. The molecule has 0 aromatic heterocycles. The van der Waals surface area contributed by atoms with Gasteiger partial charge >= 0.3 is 11.9 Å². The number of sulfonamides is 1. The van der Waals surface area contributed by atoms with Gasteiger partial charge in [0.15, 0.2) is 0 Å². The highest BCUT2D eigenvalue weighted by Gasteiger charge is 2.34. The van der Waals surface area contributed by atoms with Gasteiger partial charge in [-0.3, -0.25) is 4.79 Å². The van der Waals surface area contributed by atoms with Crippen molar-refractivity contribution in [1.82, 2.24) is 4.72 Å². The summed E-state index contributed by atoms with van der Waals surface area (Å²) in [5, 5.41) is 0. The summed E-state index contributed by atoms with van der Waals surface area (Å²) in [5.41, 5.74) is -1.17. The van der Waals surface area contributed by atoms with Crippen molar-refractivity contribution >= 4 is 22.0 Å². The van der Waals surface area contributed by atoms with Crippen LogP contribution in [0.1, 0.15) is 31.1 Å². The first-order valence-electron chi connectivity index (χ1n) is 6.53. The zero-order valence-corrected chi connectivity index (χ0v) is 13.7. The first-order chi connectivity index (χ1) is 10.1. The number of ether oxygens (including phenoxy) is 2. The predicted octanol–water partition coefficient (Wildman–Crippen LogP) is 1.09. The quantitative estimate of drug-likeness (QED) is 0.785. The largest absolute Gasteiger partial charge is 0.468 e. The highest BCUT2D eigenvalue weighted by Crippen LogP contribution is 2.15. The molecular weight excluding hydrogens is 310 g/mol. The maximum atomic E-state index is 12.2. The summed E-state index contributed by atoms with van der Waals surface area (Å²) in [5.74, 6) is -1.24. The number of carbonyl (C=O) groups is 2. The Bertz CT molecular complexity index is 648. The van der Waals surface area contributed by atoms with Crippen LogP contribution >= 0.6 is 0 Å². The number of benzene rings is 1. The molecule has 0 heterocycles. The second-order valence-electron chi connectivity index (χ2n) is 4.97. The molecule has 1 N–H and O–H groups in total. The van der Waals surface area contributed by atoms with Gasteiger partial charge in [-0.15, -0.1) is 0 Å². The Morgan fingerprint density at radius 1 is 1.18 bits per heavy atom. The van der Waals surface area contributed by atoms with Gasteiger partial charge in [0, 0.05) is 0 Å². The summed E-state index contributed by atoms with van der Waals surface area (Å²) in [4.78, 5) is 23.0. The molecule has 0 radical (unpaired) electrons. The maximum Gasteiger partial charge on any atom is 0.338 e. The molecule has 0 unspecified atom stereocenters. The Morgan fingerprint density at radius 3 is 2.18 bits per heavy atom. The topological polar surface area (TPSA) is 98.8 Å². The molecule has 1 aromatic carbocycles. The van der Waals surface area contributed by atoms with Crippen LogP contribution in [0.3, 0.4) is 0 Å². The molecule has 0 saturated carbocycles. The van der Waals surface area contributed by atoms with Gasteiger partial charge in [-0.25, -0.2) is 13.2 Å². The highest BCUT2D eigenvalue weighted by atomic mass is 32.2. The molecule has 0 amide bonds. The van der Waals surface area contributed by atoms with Crippen LogP contribution in [0.4, 0.5) is 0 Å². The van der Waals surface area contributed by atoms with Crippen LogP contribution in [0, 0.1) is 0 Å². The Morgan fingerprint density at radius 2 is 1.73 bits per heavy atom. The van der Waals surface area contributed by atoms with Crippen LogP contribution in [0.5, 0.6) is 0 Å². The van der Waals surface area contributed by atoms with E-state index in [-0.39, 0.29) is 17.1 Å². The smallest absolute Gasteiger partial charge is 0.338 e. The molecule has 22 heavy (non-hydrogen) atoms. The van der Waals surface area contributed by atoms with Crippen LogP contribution in [0.15, 0.2) is 29.2 Å². The van der Waals surface area contributed by atoms with Gasteiger partial charge in [-0.1, -0.05) is 0 Å². The molecule has 1 aromatic rings. The molecule has 0 aliphatic heterocycles. The maximum absolute atomic E-state index is 12.2. The second kappa shape index (κ2) is 6.89. The van der Waals surface area contributed by atoms with E-state index in [1.54, 1.807) is 6.92 Å². The van der Waals surface area contributed by atoms with Crippen LogP contribution in [-0.4, -0.2) is 39.6 Å². The van der Waals surface area contributed by atoms with Crippen molar-refractivity contribution < 1.29 is 27.5 Å². The summed E-state index contributed by atoms with van der Waals surface area (Å²) in [6.45, 7) is 4.69. The summed E-state index contributed by atoms with van der Waals surface area (Å²) in [7, 11) is -2.76. The van der Waals surface area contributed by atoms with E-state index in [0.717, 1.165) is 0 Å². The third-order valence-corrected chi connectivity index (χ3v) is 4.43. The normalized spacial score (nSPS) is 11.8. The molecule has 0 aliphatic rings. The fourth-order valence-electron chi connectivity index (χ4n) is 1.68. The van der Waals surface area contributed by atoms with E-state index >= 15 is 0 Å². The van der Waals surface area contributed by atoms with E-state index in [2.05, 4.69) is 9.46 Å². The van der Waals surface area contributed by atoms with E-state index in [0.29, 0.717) is 0 Å². The molecule has 0 saturated heterocycles. The molecule has 7 nitrogen and oxygen atoms in total. The first kappa shape index (κ1) is 18.1. The van der Waals surface area contributed by atoms with Crippen LogP contribution in [0.2, 0.25) is 0 Å². The van der Waals surface area contributed by atoms with Crippen molar-refractivity contribution in [2.45, 2.75) is 31.2 Å². The van der Waals surface area contributed by atoms with Gasteiger partial charge < -0.3 is 9.47 Å². The minimum absolute atomic E-state index is 0.0717. The van der Waals surface area contributed by atoms with E-state index in [9.17, 15) is 18.0 Å². The zero-order chi connectivity index (χ0) is 17.0. The predicted molar refractivity (Wildman–Crippen MR) is 78.8 cm³/mol. The molecule has 122 valence electrons. The van der Waals surface area contributed by atoms with Gasteiger partial charge in [-0.2, -0.15) is 4.72 Å². The van der Waals surface area contributed by atoms with Gasteiger partial charge in [0.2, 0.25) is 10.0 Å². The van der Waals surface area contributed by atoms with Crippen molar-refractivity contribution in [2.75, 3.05) is 13.7 Å². The summed E-state index contributed by atoms with van der Waals surface area (Å²) in [6, 6.07) is 5.22. The van der Waals surface area contributed by atoms with Crippen molar-refractivity contribution in [3.63, 3.8) is 0 Å². The average molecular weight is 329 g/mol. The third-order valence-electron chi connectivity index (χ3n) is 2.76. The molecule has 0 fully saturated rings. The Kier molecular flexibility index (Phi) is 5.67. The summed E-state index contributed by atoms with van der Waals surface area (Å²) < 4.78 is 36.1. The van der Waals surface area contributed by atoms with E-state index in [1.807, 2.05) is 0 Å². The Labute approximate surface area is 129 Å². The van der Waals surface area contributed by atoms with E-state index < -0.39 is 27.5 Å². The molecule has 8 heteroatoms. The minimum Gasteiger partial charge on any atom is -0.468 e. The van der Waals surface area contributed by atoms with Crippen LogP contribution in [0.25, 0.3) is 0 Å².